The highest BCUT2D eigenvalue weighted by Crippen LogP contribution is 2.23. The maximum absolute atomic E-state index is 6.00. The second-order valence-electron chi connectivity index (χ2n) is 5.97. The summed E-state index contributed by atoms with van der Waals surface area (Å²) in [7, 11) is 3.36. The van der Waals surface area contributed by atoms with Crippen molar-refractivity contribution >= 4 is 17.6 Å². The van der Waals surface area contributed by atoms with Crippen LogP contribution in [0.15, 0.2) is 33.8 Å². The van der Waals surface area contributed by atoms with E-state index in [1.165, 1.54) is 0 Å². The van der Waals surface area contributed by atoms with Gasteiger partial charge in [-0.2, -0.15) is 0 Å². The lowest BCUT2D eigenvalue weighted by Crippen LogP contribution is -2.36. The van der Waals surface area contributed by atoms with Crippen LogP contribution in [0.4, 0.5) is 0 Å². The number of guanidine groups is 1. The van der Waals surface area contributed by atoms with Gasteiger partial charge in [-0.3, -0.25) is 4.99 Å². The molecule has 0 spiro atoms. The summed E-state index contributed by atoms with van der Waals surface area (Å²) in [6.45, 7) is 5.41. The van der Waals surface area contributed by atoms with Gasteiger partial charge in [0.2, 0.25) is 0 Å². The number of benzene rings is 1. The van der Waals surface area contributed by atoms with Crippen LogP contribution >= 0.6 is 11.6 Å². The minimum absolute atomic E-state index is 0.447. The van der Waals surface area contributed by atoms with Crippen LogP contribution in [0, 0.1) is 0 Å². The Hall–Kier alpha value is -2.21. The molecule has 0 bridgehead atoms. The fraction of sp³-hybridized carbons (Fsp3) is 0.474. The van der Waals surface area contributed by atoms with Crippen molar-refractivity contribution in [2.75, 3.05) is 14.2 Å². The standard InChI is InChI=1S/C19H27ClN4O2/c1-5-13(6-2)17-10-16(26-24-17)12-23-19(21-3)22-11-14-7-8-15(20)9-18(14)25-4/h7-10,13H,5-6,11-12H2,1-4H3,(H2,21,22,23). The Balaban J connectivity index is 1.90. The lowest BCUT2D eigenvalue weighted by atomic mass is 9.99. The van der Waals surface area contributed by atoms with Gasteiger partial charge in [-0.25, -0.2) is 0 Å². The Morgan fingerprint density at radius 1 is 1.23 bits per heavy atom. The first-order valence-electron chi connectivity index (χ1n) is 8.83. The van der Waals surface area contributed by atoms with Gasteiger partial charge in [0.25, 0.3) is 0 Å². The van der Waals surface area contributed by atoms with E-state index in [1.807, 2.05) is 18.2 Å². The molecule has 0 saturated heterocycles. The Morgan fingerprint density at radius 2 is 1.96 bits per heavy atom. The van der Waals surface area contributed by atoms with Gasteiger partial charge in [0, 0.05) is 36.2 Å². The van der Waals surface area contributed by atoms with Crippen molar-refractivity contribution in [2.24, 2.45) is 4.99 Å². The number of aliphatic imine (C=N–C) groups is 1. The number of hydrogen-bond acceptors (Lipinski definition) is 4. The maximum atomic E-state index is 6.00. The number of nitrogens with zero attached hydrogens (tertiary/aromatic N) is 2. The summed E-state index contributed by atoms with van der Waals surface area (Å²) in [6.07, 6.45) is 2.12. The number of ether oxygens (including phenoxy) is 1. The van der Waals surface area contributed by atoms with Crippen molar-refractivity contribution in [1.29, 1.82) is 0 Å². The Labute approximate surface area is 160 Å². The van der Waals surface area contributed by atoms with Crippen molar-refractivity contribution in [1.82, 2.24) is 15.8 Å². The third-order valence-corrected chi connectivity index (χ3v) is 4.57. The summed E-state index contributed by atoms with van der Waals surface area (Å²) in [4.78, 5) is 4.23. The van der Waals surface area contributed by atoms with E-state index in [-0.39, 0.29) is 0 Å². The third kappa shape index (κ3) is 5.39. The molecule has 0 atom stereocenters. The molecule has 2 N–H and O–H groups in total. The van der Waals surface area contributed by atoms with Gasteiger partial charge < -0.3 is 19.9 Å². The van der Waals surface area contributed by atoms with E-state index < -0.39 is 0 Å². The molecule has 2 rings (SSSR count). The summed E-state index contributed by atoms with van der Waals surface area (Å²) in [5.74, 6) is 2.65. The third-order valence-electron chi connectivity index (χ3n) is 4.33. The van der Waals surface area contributed by atoms with Gasteiger partial charge in [-0.1, -0.05) is 36.7 Å². The zero-order valence-corrected chi connectivity index (χ0v) is 16.6. The van der Waals surface area contributed by atoms with E-state index in [9.17, 15) is 0 Å². The zero-order valence-electron chi connectivity index (χ0n) is 15.8. The van der Waals surface area contributed by atoms with E-state index in [0.717, 1.165) is 35.6 Å². The SMILES string of the molecule is CCC(CC)c1cc(CNC(=NC)NCc2ccc(Cl)cc2OC)on1. The molecular weight excluding hydrogens is 352 g/mol. The topological polar surface area (TPSA) is 71.7 Å². The number of halogens is 1. The Kier molecular flexibility index (Phi) is 7.78. The Morgan fingerprint density at radius 3 is 2.62 bits per heavy atom. The van der Waals surface area contributed by atoms with Gasteiger partial charge in [0.1, 0.15) is 5.75 Å². The quantitative estimate of drug-likeness (QED) is 0.534. The van der Waals surface area contributed by atoms with Crippen molar-refractivity contribution in [3.05, 3.63) is 46.3 Å². The fourth-order valence-electron chi connectivity index (χ4n) is 2.75. The first-order chi connectivity index (χ1) is 12.6. The van der Waals surface area contributed by atoms with Crippen LogP contribution in [0.25, 0.3) is 0 Å². The predicted molar refractivity (Wildman–Crippen MR) is 105 cm³/mol. The minimum atomic E-state index is 0.447. The van der Waals surface area contributed by atoms with Crippen LogP contribution < -0.4 is 15.4 Å². The molecule has 1 aromatic carbocycles. The maximum Gasteiger partial charge on any atom is 0.191 e. The summed E-state index contributed by atoms with van der Waals surface area (Å²) < 4.78 is 10.8. The average Bonchev–Trinajstić information content (AvgIpc) is 3.12. The minimum Gasteiger partial charge on any atom is -0.496 e. The lowest BCUT2D eigenvalue weighted by Gasteiger charge is -2.13. The predicted octanol–water partition coefficient (Wildman–Crippen LogP) is 4.11. The van der Waals surface area contributed by atoms with Crippen molar-refractivity contribution in [3.63, 3.8) is 0 Å². The van der Waals surface area contributed by atoms with E-state index in [2.05, 4.69) is 34.6 Å². The molecule has 0 fully saturated rings. The van der Waals surface area contributed by atoms with Crippen molar-refractivity contribution in [3.8, 4) is 5.75 Å². The van der Waals surface area contributed by atoms with E-state index in [0.29, 0.717) is 30.0 Å². The first-order valence-corrected chi connectivity index (χ1v) is 9.21. The molecule has 26 heavy (non-hydrogen) atoms. The lowest BCUT2D eigenvalue weighted by molar-refractivity contribution is 0.368. The van der Waals surface area contributed by atoms with Crippen LogP contribution in [0.2, 0.25) is 5.02 Å². The smallest absolute Gasteiger partial charge is 0.191 e. The number of methoxy groups -OCH3 is 1. The molecule has 0 aliphatic carbocycles. The van der Waals surface area contributed by atoms with Crippen LogP contribution in [-0.2, 0) is 13.1 Å². The molecule has 7 heteroatoms. The summed E-state index contributed by atoms with van der Waals surface area (Å²) in [6, 6.07) is 7.58. The Bertz CT molecular complexity index is 726. The molecule has 6 nitrogen and oxygen atoms in total. The molecule has 0 saturated carbocycles. The van der Waals surface area contributed by atoms with Gasteiger partial charge in [0.05, 0.1) is 19.3 Å². The summed E-state index contributed by atoms with van der Waals surface area (Å²) >= 11 is 6.00. The van der Waals surface area contributed by atoms with E-state index >= 15 is 0 Å². The number of rotatable bonds is 8. The molecule has 0 aliphatic heterocycles. The average molecular weight is 379 g/mol. The molecular formula is C19H27ClN4O2. The second kappa shape index (κ2) is 10.1. The van der Waals surface area contributed by atoms with Gasteiger partial charge in [-0.05, 0) is 25.0 Å². The molecule has 2 aromatic rings. The largest absolute Gasteiger partial charge is 0.496 e. The van der Waals surface area contributed by atoms with E-state index in [1.54, 1.807) is 20.2 Å². The molecule has 0 amide bonds. The molecule has 0 aliphatic rings. The number of nitrogens with one attached hydrogen (secondary N) is 2. The monoisotopic (exact) mass is 378 g/mol. The van der Waals surface area contributed by atoms with Crippen LogP contribution in [0.3, 0.4) is 0 Å². The first kappa shape index (κ1) is 20.1. The fourth-order valence-corrected chi connectivity index (χ4v) is 2.91. The van der Waals surface area contributed by atoms with Gasteiger partial charge in [0.15, 0.2) is 11.7 Å². The number of aromatic nitrogens is 1. The van der Waals surface area contributed by atoms with Crippen molar-refractivity contribution < 1.29 is 9.26 Å². The number of hydrogen-bond donors (Lipinski definition) is 2. The summed E-state index contributed by atoms with van der Waals surface area (Å²) in [5.41, 5.74) is 2.01. The highest BCUT2D eigenvalue weighted by Gasteiger charge is 2.13. The summed E-state index contributed by atoms with van der Waals surface area (Å²) in [5, 5.41) is 11.3. The second-order valence-corrected chi connectivity index (χ2v) is 6.40. The van der Waals surface area contributed by atoms with E-state index in [4.69, 9.17) is 20.9 Å². The van der Waals surface area contributed by atoms with Crippen LogP contribution in [0.1, 0.15) is 49.6 Å². The highest BCUT2D eigenvalue weighted by atomic mass is 35.5. The molecule has 0 unspecified atom stereocenters. The molecule has 1 heterocycles. The zero-order chi connectivity index (χ0) is 18.9. The van der Waals surface area contributed by atoms with Gasteiger partial charge in [-0.15, -0.1) is 0 Å². The van der Waals surface area contributed by atoms with Crippen LogP contribution in [-0.4, -0.2) is 25.3 Å². The highest BCUT2D eigenvalue weighted by molar-refractivity contribution is 6.30. The van der Waals surface area contributed by atoms with Crippen molar-refractivity contribution in [2.45, 2.75) is 45.7 Å². The van der Waals surface area contributed by atoms with Crippen LogP contribution in [0.5, 0.6) is 5.75 Å². The molecule has 142 valence electrons. The van der Waals surface area contributed by atoms with Gasteiger partial charge >= 0.3 is 0 Å². The molecule has 0 radical (unpaired) electrons. The molecule has 1 aromatic heterocycles. The normalized spacial score (nSPS) is 11.7.